The third-order valence-electron chi connectivity index (χ3n) is 5.18. The Labute approximate surface area is 191 Å². The molecule has 0 aliphatic heterocycles. The fraction of sp³-hybridized carbons (Fsp3) is 0.167. The highest BCUT2D eigenvalue weighted by molar-refractivity contribution is 6.06. The first-order chi connectivity index (χ1) is 16.0. The number of benzene rings is 2. The van der Waals surface area contributed by atoms with Crippen LogP contribution in [-0.2, 0) is 12.7 Å². The number of anilines is 2. The minimum absolute atomic E-state index is 0.0649. The van der Waals surface area contributed by atoms with E-state index in [1.54, 1.807) is 10.6 Å². The van der Waals surface area contributed by atoms with Crippen LogP contribution in [0.2, 0.25) is 0 Å². The minimum Gasteiger partial charge on any atom is -0.362 e. The van der Waals surface area contributed by atoms with Crippen LogP contribution < -0.4 is 10.2 Å². The lowest BCUT2D eigenvalue weighted by atomic mass is 10.2. The van der Waals surface area contributed by atoms with Gasteiger partial charge in [0, 0.05) is 31.5 Å². The van der Waals surface area contributed by atoms with Gasteiger partial charge in [-0.2, -0.15) is 13.2 Å². The molecule has 0 atom stereocenters. The molecule has 0 unspecified atom stereocenters. The van der Waals surface area contributed by atoms with E-state index >= 15 is 0 Å². The molecule has 176 valence electrons. The summed E-state index contributed by atoms with van der Waals surface area (Å²) in [7, 11) is 2.86. The number of rotatable bonds is 5. The van der Waals surface area contributed by atoms with E-state index < -0.39 is 29.3 Å². The zero-order valence-corrected chi connectivity index (χ0v) is 18.1. The number of aromatic nitrogens is 2. The van der Waals surface area contributed by atoms with E-state index in [0.29, 0.717) is 16.5 Å². The van der Waals surface area contributed by atoms with Crippen molar-refractivity contribution in [2.75, 3.05) is 24.3 Å². The monoisotopic (exact) mass is 474 g/mol. The lowest BCUT2D eigenvalue weighted by molar-refractivity contribution is -0.137. The number of nitrogens with one attached hydrogen (secondary N) is 1. The number of carbonyl (C=O) groups is 1. The van der Waals surface area contributed by atoms with E-state index in [2.05, 4.69) is 10.3 Å². The number of alkyl halides is 3. The first-order valence-electron chi connectivity index (χ1n) is 10.1. The molecule has 0 aliphatic carbocycles. The molecule has 1 N–H and O–H groups in total. The smallest absolute Gasteiger partial charge is 0.362 e. The summed E-state index contributed by atoms with van der Waals surface area (Å²) in [4.78, 5) is 18.2. The van der Waals surface area contributed by atoms with Crippen molar-refractivity contribution in [3.05, 3.63) is 89.2 Å². The highest BCUT2D eigenvalue weighted by Crippen LogP contribution is 2.36. The molecule has 0 aliphatic rings. The van der Waals surface area contributed by atoms with Gasteiger partial charge in [0.15, 0.2) is 0 Å². The molecule has 5 nitrogen and oxygen atoms in total. The average molecular weight is 474 g/mol. The number of carbonyl (C=O) groups excluding carboxylic acids is 1. The van der Waals surface area contributed by atoms with Crippen molar-refractivity contribution in [1.29, 1.82) is 0 Å². The first kappa shape index (κ1) is 23.2. The summed E-state index contributed by atoms with van der Waals surface area (Å²) in [5.41, 5.74) is -0.0374. The van der Waals surface area contributed by atoms with Crippen molar-refractivity contribution >= 4 is 28.3 Å². The van der Waals surface area contributed by atoms with E-state index in [-0.39, 0.29) is 23.7 Å². The Morgan fingerprint density at radius 3 is 2.44 bits per heavy atom. The lowest BCUT2D eigenvalue weighted by Crippen LogP contribution is -2.21. The predicted molar refractivity (Wildman–Crippen MR) is 119 cm³/mol. The molecule has 0 bridgehead atoms. The zero-order chi connectivity index (χ0) is 24.6. The molecule has 0 fully saturated rings. The Kier molecular flexibility index (Phi) is 5.99. The molecule has 2 aromatic heterocycles. The Bertz CT molecular complexity index is 1380. The van der Waals surface area contributed by atoms with E-state index in [1.807, 2.05) is 0 Å². The maximum absolute atomic E-state index is 13.8. The third-order valence-corrected chi connectivity index (χ3v) is 5.18. The Hall–Kier alpha value is -3.95. The zero-order valence-electron chi connectivity index (χ0n) is 18.1. The summed E-state index contributed by atoms with van der Waals surface area (Å²) in [6, 6.07) is 12.0. The summed E-state index contributed by atoms with van der Waals surface area (Å²) < 4.78 is 69.6. The maximum Gasteiger partial charge on any atom is 0.420 e. The van der Waals surface area contributed by atoms with Gasteiger partial charge in [-0.25, -0.2) is 13.8 Å². The molecule has 1 amide bonds. The molecule has 0 saturated heterocycles. The van der Waals surface area contributed by atoms with Gasteiger partial charge < -0.3 is 14.8 Å². The van der Waals surface area contributed by atoms with Crippen LogP contribution in [0.4, 0.5) is 33.5 Å². The Morgan fingerprint density at radius 2 is 1.76 bits per heavy atom. The topological polar surface area (TPSA) is 50.2 Å². The highest BCUT2D eigenvalue weighted by atomic mass is 19.4. The molecule has 0 radical (unpaired) electrons. The SMILES string of the molecule is CN(C)c1ncc(NC(=O)c2cc3cc(F)ccc3n2Cc2cccc(F)c2)cc1C(F)(F)F. The number of fused-ring (bicyclic) bond motifs is 1. The van der Waals surface area contributed by atoms with Crippen molar-refractivity contribution in [1.82, 2.24) is 9.55 Å². The molecule has 0 saturated carbocycles. The number of halogens is 5. The van der Waals surface area contributed by atoms with E-state index in [0.717, 1.165) is 12.3 Å². The van der Waals surface area contributed by atoms with Gasteiger partial charge in [0.25, 0.3) is 5.91 Å². The van der Waals surface area contributed by atoms with Gasteiger partial charge in [0.05, 0.1) is 11.9 Å². The molecule has 2 heterocycles. The van der Waals surface area contributed by atoms with Gasteiger partial charge in [0.2, 0.25) is 0 Å². The summed E-state index contributed by atoms with van der Waals surface area (Å²) in [5.74, 6) is -1.99. The molecule has 34 heavy (non-hydrogen) atoms. The average Bonchev–Trinajstić information content (AvgIpc) is 3.10. The number of amides is 1. The van der Waals surface area contributed by atoms with Gasteiger partial charge in [-0.1, -0.05) is 12.1 Å². The number of nitrogens with zero attached hydrogens (tertiary/aromatic N) is 3. The van der Waals surface area contributed by atoms with Crippen LogP contribution in [-0.4, -0.2) is 29.6 Å². The molecule has 0 spiro atoms. The first-order valence-corrected chi connectivity index (χ1v) is 10.1. The van der Waals surface area contributed by atoms with Gasteiger partial charge in [0.1, 0.15) is 28.7 Å². The predicted octanol–water partition coefficient (Wildman–Crippen LogP) is 5.70. The van der Waals surface area contributed by atoms with Crippen LogP contribution in [0, 0.1) is 11.6 Å². The van der Waals surface area contributed by atoms with Crippen LogP contribution in [0.3, 0.4) is 0 Å². The largest absolute Gasteiger partial charge is 0.420 e. The van der Waals surface area contributed by atoms with Crippen LogP contribution in [0.1, 0.15) is 21.6 Å². The summed E-state index contributed by atoms with van der Waals surface area (Å²) >= 11 is 0. The van der Waals surface area contributed by atoms with Crippen molar-refractivity contribution in [3.63, 3.8) is 0 Å². The van der Waals surface area contributed by atoms with E-state index in [4.69, 9.17) is 0 Å². The van der Waals surface area contributed by atoms with Gasteiger partial charge in [-0.05, 0) is 48.0 Å². The molecule has 4 aromatic rings. The quantitative estimate of drug-likeness (QED) is 0.378. The molecular formula is C24H19F5N4O. The fourth-order valence-corrected chi connectivity index (χ4v) is 3.70. The van der Waals surface area contributed by atoms with Crippen LogP contribution >= 0.6 is 0 Å². The fourth-order valence-electron chi connectivity index (χ4n) is 3.70. The second-order valence-corrected chi connectivity index (χ2v) is 7.89. The van der Waals surface area contributed by atoms with Crippen molar-refractivity contribution in [2.45, 2.75) is 12.7 Å². The molecular weight excluding hydrogens is 455 g/mol. The summed E-state index contributed by atoms with van der Waals surface area (Å²) in [6.07, 6.45) is -3.56. The standard InChI is InChI=1S/C24H19F5N4O/c1-32(2)22-19(24(27,28)29)11-18(12-30-22)31-23(34)21-10-15-9-17(26)6-7-20(15)33(21)13-14-4-3-5-16(25)8-14/h3-12H,13H2,1-2H3,(H,31,34). The van der Waals surface area contributed by atoms with Gasteiger partial charge in [-0.3, -0.25) is 4.79 Å². The Balaban J connectivity index is 1.74. The Morgan fingerprint density at radius 1 is 1.03 bits per heavy atom. The van der Waals surface area contributed by atoms with E-state index in [1.165, 1.54) is 61.5 Å². The third kappa shape index (κ3) is 4.70. The van der Waals surface area contributed by atoms with Crippen molar-refractivity contribution in [2.24, 2.45) is 0 Å². The highest BCUT2D eigenvalue weighted by Gasteiger charge is 2.35. The van der Waals surface area contributed by atoms with Crippen LogP contribution in [0.5, 0.6) is 0 Å². The van der Waals surface area contributed by atoms with Crippen molar-refractivity contribution in [3.8, 4) is 0 Å². The second kappa shape index (κ2) is 8.77. The molecule has 2 aromatic carbocycles. The molecule has 4 rings (SSSR count). The number of pyridine rings is 1. The van der Waals surface area contributed by atoms with Crippen LogP contribution in [0.25, 0.3) is 10.9 Å². The van der Waals surface area contributed by atoms with Crippen molar-refractivity contribution < 1.29 is 26.7 Å². The minimum atomic E-state index is -4.68. The normalized spacial score (nSPS) is 11.6. The van der Waals surface area contributed by atoms with Crippen LogP contribution in [0.15, 0.2) is 60.8 Å². The number of hydrogen-bond donors (Lipinski definition) is 1. The lowest BCUT2D eigenvalue weighted by Gasteiger charge is -2.19. The van der Waals surface area contributed by atoms with Gasteiger partial charge in [-0.15, -0.1) is 0 Å². The summed E-state index contributed by atoms with van der Waals surface area (Å²) in [5, 5.41) is 2.86. The maximum atomic E-state index is 13.8. The second-order valence-electron chi connectivity index (χ2n) is 7.89. The number of hydrogen-bond acceptors (Lipinski definition) is 3. The summed E-state index contributed by atoms with van der Waals surface area (Å²) in [6.45, 7) is 0.0846. The van der Waals surface area contributed by atoms with E-state index in [9.17, 15) is 26.7 Å². The molecule has 10 heteroatoms. The van der Waals surface area contributed by atoms with Gasteiger partial charge >= 0.3 is 6.18 Å².